The van der Waals surface area contributed by atoms with Gasteiger partial charge < -0.3 is 21.5 Å². The number of carbonyl (C=O) groups is 3. The highest BCUT2D eigenvalue weighted by atomic mass is 16.4. The van der Waals surface area contributed by atoms with Gasteiger partial charge in [0.15, 0.2) is 0 Å². The second-order valence-electron chi connectivity index (χ2n) is 4.98. The molecule has 0 unspecified atom stereocenters. The second kappa shape index (κ2) is 8.52. The highest BCUT2D eigenvalue weighted by molar-refractivity contribution is 5.98. The maximum atomic E-state index is 11.9. The number of benzene rings is 1. The third kappa shape index (κ3) is 6.16. The second-order valence-corrected chi connectivity index (χ2v) is 4.98. The lowest BCUT2D eigenvalue weighted by atomic mass is 10.1. The number of amides is 2. The number of nitrogens with two attached hydrogens (primary N) is 1. The molecule has 2 amide bonds. The molecule has 8 heteroatoms. The Bertz CT molecular complexity index is 598. The Morgan fingerprint density at radius 2 is 1.78 bits per heavy atom. The lowest BCUT2D eigenvalue weighted by molar-refractivity contribution is -0.141. The first-order valence-electron chi connectivity index (χ1n) is 7.06. The number of carbonyl (C=O) groups excluding carboxylic acids is 2. The maximum absolute atomic E-state index is 11.9. The van der Waals surface area contributed by atoms with Crippen molar-refractivity contribution in [3.05, 3.63) is 35.4 Å². The molecule has 0 saturated carbocycles. The average molecular weight is 320 g/mol. The molecule has 0 saturated heterocycles. The molecule has 0 bridgehead atoms. The van der Waals surface area contributed by atoms with Crippen LogP contribution < -0.4 is 16.4 Å². The molecule has 0 aliphatic rings. The summed E-state index contributed by atoms with van der Waals surface area (Å²) in [5.74, 6) is -1.83. The van der Waals surface area contributed by atoms with Gasteiger partial charge in [-0.2, -0.15) is 0 Å². The highest BCUT2D eigenvalue weighted by Gasteiger charge is 2.13. The average Bonchev–Trinajstić information content (AvgIpc) is 2.51. The summed E-state index contributed by atoms with van der Waals surface area (Å²) in [6, 6.07) is 5.35. The van der Waals surface area contributed by atoms with Crippen LogP contribution in [0.3, 0.4) is 0 Å². The zero-order chi connectivity index (χ0) is 17.4. The van der Waals surface area contributed by atoms with E-state index in [4.69, 9.17) is 16.2 Å². The first-order valence-corrected chi connectivity index (χ1v) is 7.06. The Morgan fingerprint density at radius 1 is 1.22 bits per heavy atom. The van der Waals surface area contributed by atoms with Crippen molar-refractivity contribution >= 4 is 23.6 Å². The molecule has 1 aromatic rings. The Balaban J connectivity index is 2.32. The van der Waals surface area contributed by atoms with E-state index in [0.717, 1.165) is 0 Å². The van der Waals surface area contributed by atoms with Crippen LogP contribution in [0.4, 0.5) is 0 Å². The minimum absolute atomic E-state index is 0.0708. The Kier molecular flexibility index (Phi) is 6.72. The maximum Gasteiger partial charge on any atom is 0.325 e. The quantitative estimate of drug-likeness (QED) is 0.261. The number of amidine groups is 1. The lowest BCUT2D eigenvalue weighted by Gasteiger charge is -2.09. The van der Waals surface area contributed by atoms with Gasteiger partial charge in [0.05, 0.1) is 0 Å². The van der Waals surface area contributed by atoms with Gasteiger partial charge in [0.1, 0.15) is 11.9 Å². The number of carboxylic acids is 1. The van der Waals surface area contributed by atoms with E-state index in [9.17, 15) is 14.4 Å². The number of carboxylic acid groups (broad SMARTS) is 1. The van der Waals surface area contributed by atoms with Crippen LogP contribution in [0, 0.1) is 5.41 Å². The number of nitrogens with one attached hydrogen (secondary N) is 3. The van der Waals surface area contributed by atoms with Crippen molar-refractivity contribution in [2.24, 2.45) is 5.73 Å². The van der Waals surface area contributed by atoms with Gasteiger partial charge in [-0.25, -0.2) is 0 Å². The Morgan fingerprint density at radius 3 is 2.30 bits per heavy atom. The number of rotatable bonds is 8. The zero-order valence-corrected chi connectivity index (χ0v) is 12.8. The summed E-state index contributed by atoms with van der Waals surface area (Å²) in [6.07, 6.45) is 0.524. The van der Waals surface area contributed by atoms with Crippen LogP contribution in [0.1, 0.15) is 35.7 Å². The van der Waals surface area contributed by atoms with Crippen LogP contribution in [0.15, 0.2) is 24.3 Å². The van der Waals surface area contributed by atoms with Gasteiger partial charge in [-0.05, 0) is 25.5 Å². The lowest BCUT2D eigenvalue weighted by Crippen LogP contribution is -2.38. The van der Waals surface area contributed by atoms with E-state index >= 15 is 0 Å². The zero-order valence-electron chi connectivity index (χ0n) is 12.8. The topological polar surface area (TPSA) is 145 Å². The molecule has 23 heavy (non-hydrogen) atoms. The normalized spacial score (nSPS) is 11.3. The smallest absolute Gasteiger partial charge is 0.325 e. The fraction of sp³-hybridized carbons (Fsp3) is 0.333. The number of hydrogen-bond acceptors (Lipinski definition) is 4. The third-order valence-corrected chi connectivity index (χ3v) is 3.07. The molecule has 0 radical (unpaired) electrons. The van der Waals surface area contributed by atoms with E-state index in [1.165, 1.54) is 6.92 Å². The molecule has 1 rings (SSSR count). The first-order chi connectivity index (χ1) is 10.8. The van der Waals surface area contributed by atoms with Gasteiger partial charge in [-0.1, -0.05) is 12.1 Å². The van der Waals surface area contributed by atoms with Gasteiger partial charge in [0, 0.05) is 24.1 Å². The molecule has 0 aliphatic carbocycles. The van der Waals surface area contributed by atoms with Crippen molar-refractivity contribution in [1.29, 1.82) is 5.41 Å². The highest BCUT2D eigenvalue weighted by Crippen LogP contribution is 2.03. The molecule has 0 aliphatic heterocycles. The largest absolute Gasteiger partial charge is 0.480 e. The van der Waals surface area contributed by atoms with E-state index in [2.05, 4.69) is 10.6 Å². The molecule has 0 aromatic heterocycles. The van der Waals surface area contributed by atoms with Crippen molar-refractivity contribution in [3.63, 3.8) is 0 Å². The summed E-state index contributed by atoms with van der Waals surface area (Å²) in [5.41, 5.74) is 6.29. The third-order valence-electron chi connectivity index (χ3n) is 3.07. The van der Waals surface area contributed by atoms with Gasteiger partial charge in [-0.15, -0.1) is 0 Å². The van der Waals surface area contributed by atoms with Crippen molar-refractivity contribution in [2.45, 2.75) is 25.8 Å². The summed E-state index contributed by atoms with van der Waals surface area (Å²) in [7, 11) is 0. The SMILES string of the molecule is C[C@H](NC(=O)CCCNC(=O)c1ccc(C(=N)N)cc1)C(=O)O. The van der Waals surface area contributed by atoms with Gasteiger partial charge in [0.2, 0.25) is 5.91 Å². The molecule has 8 nitrogen and oxygen atoms in total. The molecular formula is C15H20N4O4. The van der Waals surface area contributed by atoms with Crippen LogP contribution in [0.5, 0.6) is 0 Å². The van der Waals surface area contributed by atoms with E-state index < -0.39 is 12.0 Å². The van der Waals surface area contributed by atoms with Crippen molar-refractivity contribution in [2.75, 3.05) is 6.54 Å². The molecule has 0 heterocycles. The van der Waals surface area contributed by atoms with Crippen molar-refractivity contribution in [1.82, 2.24) is 10.6 Å². The van der Waals surface area contributed by atoms with Gasteiger partial charge in [0.25, 0.3) is 5.91 Å². The fourth-order valence-electron chi connectivity index (χ4n) is 1.73. The van der Waals surface area contributed by atoms with E-state index in [1.807, 2.05) is 0 Å². The van der Waals surface area contributed by atoms with E-state index in [1.54, 1.807) is 24.3 Å². The van der Waals surface area contributed by atoms with Crippen LogP contribution in [-0.4, -0.2) is 41.3 Å². The molecule has 1 aromatic carbocycles. The fourth-order valence-corrected chi connectivity index (χ4v) is 1.73. The van der Waals surface area contributed by atoms with Gasteiger partial charge >= 0.3 is 5.97 Å². The molecule has 124 valence electrons. The van der Waals surface area contributed by atoms with Crippen molar-refractivity contribution < 1.29 is 19.5 Å². The standard InChI is InChI=1S/C15H20N4O4/c1-9(15(22)23)19-12(20)3-2-8-18-14(21)11-6-4-10(5-7-11)13(16)17/h4-7,9H,2-3,8H2,1H3,(H3,16,17)(H,18,21)(H,19,20)(H,22,23)/t9-/m0/s1. The molecular weight excluding hydrogens is 300 g/mol. The summed E-state index contributed by atoms with van der Waals surface area (Å²) >= 11 is 0. The molecule has 0 spiro atoms. The number of aliphatic carboxylic acids is 1. The minimum Gasteiger partial charge on any atom is -0.480 e. The van der Waals surface area contributed by atoms with Crippen LogP contribution >= 0.6 is 0 Å². The minimum atomic E-state index is -1.10. The molecule has 6 N–H and O–H groups in total. The summed E-state index contributed by atoms with van der Waals surface area (Å²) in [6.45, 7) is 1.68. The van der Waals surface area contributed by atoms with E-state index in [-0.39, 0.29) is 24.1 Å². The Labute approximate surface area is 133 Å². The summed E-state index contributed by atoms with van der Waals surface area (Å²) in [5, 5.41) is 20.9. The number of nitrogen functional groups attached to an aromatic ring is 1. The monoisotopic (exact) mass is 320 g/mol. The summed E-state index contributed by atoms with van der Waals surface area (Å²) in [4.78, 5) is 33.9. The van der Waals surface area contributed by atoms with Crippen LogP contribution in [0.25, 0.3) is 0 Å². The molecule has 1 atom stereocenters. The summed E-state index contributed by atoms with van der Waals surface area (Å²) < 4.78 is 0. The van der Waals surface area contributed by atoms with Crippen molar-refractivity contribution in [3.8, 4) is 0 Å². The predicted octanol–water partition coefficient (Wildman–Crippen LogP) is 0.0700. The number of hydrogen-bond donors (Lipinski definition) is 5. The van der Waals surface area contributed by atoms with Crippen LogP contribution in [0.2, 0.25) is 0 Å². The Hall–Kier alpha value is -2.90. The van der Waals surface area contributed by atoms with E-state index in [0.29, 0.717) is 24.1 Å². The predicted molar refractivity (Wildman–Crippen MR) is 84.3 cm³/mol. The van der Waals surface area contributed by atoms with Crippen LogP contribution in [-0.2, 0) is 9.59 Å². The van der Waals surface area contributed by atoms with Gasteiger partial charge in [-0.3, -0.25) is 19.8 Å². The molecule has 0 fully saturated rings. The first kappa shape index (κ1) is 18.1.